The molecule has 4 nitrogen and oxygen atoms in total. The minimum absolute atomic E-state index is 0.806. The van der Waals surface area contributed by atoms with E-state index in [0.29, 0.717) is 0 Å². The lowest BCUT2D eigenvalue weighted by Crippen LogP contribution is -2.25. The van der Waals surface area contributed by atoms with Crippen molar-refractivity contribution >= 4 is 5.82 Å². The van der Waals surface area contributed by atoms with Gasteiger partial charge in [0.15, 0.2) is 0 Å². The zero-order valence-corrected chi connectivity index (χ0v) is 11.9. The van der Waals surface area contributed by atoms with Crippen molar-refractivity contribution in [1.82, 2.24) is 15.3 Å². The SMILES string of the molecule is CCCCN(CC)c1cncc(CNCCC)n1. The van der Waals surface area contributed by atoms with E-state index in [1.165, 1.54) is 12.8 Å². The molecule has 1 rings (SSSR count). The summed E-state index contributed by atoms with van der Waals surface area (Å²) in [7, 11) is 0. The molecule has 0 aliphatic rings. The van der Waals surface area contributed by atoms with Gasteiger partial charge in [0.25, 0.3) is 0 Å². The zero-order valence-electron chi connectivity index (χ0n) is 11.9. The molecule has 1 aromatic rings. The van der Waals surface area contributed by atoms with Crippen LogP contribution in [0.15, 0.2) is 12.4 Å². The average molecular weight is 250 g/mol. The average Bonchev–Trinajstić information content (AvgIpc) is 2.40. The summed E-state index contributed by atoms with van der Waals surface area (Å²) in [5.74, 6) is 1.00. The highest BCUT2D eigenvalue weighted by Crippen LogP contribution is 2.10. The maximum Gasteiger partial charge on any atom is 0.147 e. The second-order valence-electron chi connectivity index (χ2n) is 4.48. The molecular formula is C14H26N4. The van der Waals surface area contributed by atoms with Crippen molar-refractivity contribution in [1.29, 1.82) is 0 Å². The molecule has 1 heterocycles. The lowest BCUT2D eigenvalue weighted by molar-refractivity contribution is 0.657. The van der Waals surface area contributed by atoms with Crippen molar-refractivity contribution in [3.8, 4) is 0 Å². The Balaban J connectivity index is 2.60. The van der Waals surface area contributed by atoms with Crippen LogP contribution >= 0.6 is 0 Å². The summed E-state index contributed by atoms with van der Waals surface area (Å²) in [4.78, 5) is 11.3. The molecule has 0 amide bonds. The fourth-order valence-corrected chi connectivity index (χ4v) is 1.81. The summed E-state index contributed by atoms with van der Waals surface area (Å²) in [5, 5.41) is 3.36. The summed E-state index contributed by atoms with van der Waals surface area (Å²) >= 11 is 0. The van der Waals surface area contributed by atoms with Gasteiger partial charge in [0.1, 0.15) is 5.82 Å². The monoisotopic (exact) mass is 250 g/mol. The van der Waals surface area contributed by atoms with Crippen molar-refractivity contribution in [3.05, 3.63) is 18.1 Å². The fourth-order valence-electron chi connectivity index (χ4n) is 1.81. The van der Waals surface area contributed by atoms with Gasteiger partial charge in [-0.05, 0) is 26.3 Å². The molecule has 4 heteroatoms. The van der Waals surface area contributed by atoms with Crippen LogP contribution in [0.4, 0.5) is 5.82 Å². The van der Waals surface area contributed by atoms with Crippen LogP contribution in [0.5, 0.6) is 0 Å². The van der Waals surface area contributed by atoms with Gasteiger partial charge in [0, 0.05) is 25.8 Å². The third-order valence-electron chi connectivity index (χ3n) is 2.89. The Morgan fingerprint density at radius 3 is 2.67 bits per heavy atom. The number of hydrogen-bond acceptors (Lipinski definition) is 4. The van der Waals surface area contributed by atoms with Crippen molar-refractivity contribution in [2.75, 3.05) is 24.5 Å². The Labute approximate surface area is 111 Å². The summed E-state index contributed by atoms with van der Waals surface area (Å²) in [6.45, 7) is 10.4. The minimum atomic E-state index is 0.806. The number of unbranched alkanes of at least 4 members (excludes halogenated alkanes) is 1. The molecule has 1 N–H and O–H groups in total. The lowest BCUT2D eigenvalue weighted by atomic mass is 10.3. The van der Waals surface area contributed by atoms with Gasteiger partial charge in [0.05, 0.1) is 11.9 Å². The Hall–Kier alpha value is -1.16. The molecule has 0 spiro atoms. The maximum absolute atomic E-state index is 4.67. The predicted molar refractivity (Wildman–Crippen MR) is 76.8 cm³/mol. The Bertz CT molecular complexity index is 327. The quantitative estimate of drug-likeness (QED) is 0.684. The van der Waals surface area contributed by atoms with Crippen LogP contribution in [0.2, 0.25) is 0 Å². The summed E-state index contributed by atoms with van der Waals surface area (Å²) in [5.41, 5.74) is 1.02. The molecule has 0 aliphatic carbocycles. The van der Waals surface area contributed by atoms with E-state index < -0.39 is 0 Å². The first-order valence-electron chi connectivity index (χ1n) is 7.08. The van der Waals surface area contributed by atoms with E-state index in [2.05, 4.69) is 41.0 Å². The largest absolute Gasteiger partial charge is 0.356 e. The highest BCUT2D eigenvalue weighted by Gasteiger charge is 2.06. The Morgan fingerprint density at radius 2 is 2.00 bits per heavy atom. The van der Waals surface area contributed by atoms with Gasteiger partial charge in [0.2, 0.25) is 0 Å². The molecule has 0 radical (unpaired) electrons. The molecule has 0 atom stereocenters. The minimum Gasteiger partial charge on any atom is -0.356 e. The van der Waals surface area contributed by atoms with Crippen LogP contribution in [0.1, 0.15) is 45.7 Å². The molecule has 18 heavy (non-hydrogen) atoms. The van der Waals surface area contributed by atoms with Crippen molar-refractivity contribution < 1.29 is 0 Å². The molecule has 0 aromatic carbocycles. The second-order valence-corrected chi connectivity index (χ2v) is 4.48. The van der Waals surface area contributed by atoms with Crippen LogP contribution in [0.25, 0.3) is 0 Å². The van der Waals surface area contributed by atoms with Crippen molar-refractivity contribution in [2.24, 2.45) is 0 Å². The second kappa shape index (κ2) is 8.86. The van der Waals surface area contributed by atoms with E-state index in [9.17, 15) is 0 Å². The summed E-state index contributed by atoms with van der Waals surface area (Å²) < 4.78 is 0. The summed E-state index contributed by atoms with van der Waals surface area (Å²) in [6.07, 6.45) is 7.27. The number of nitrogens with zero attached hydrogens (tertiary/aromatic N) is 3. The van der Waals surface area contributed by atoms with Gasteiger partial charge in [-0.25, -0.2) is 4.98 Å². The molecule has 0 aliphatic heterocycles. The lowest BCUT2D eigenvalue weighted by Gasteiger charge is -2.21. The molecule has 0 saturated carbocycles. The van der Waals surface area contributed by atoms with E-state index in [1.54, 1.807) is 0 Å². The normalized spacial score (nSPS) is 10.6. The fraction of sp³-hybridized carbons (Fsp3) is 0.714. The molecule has 0 unspecified atom stereocenters. The van der Waals surface area contributed by atoms with Crippen molar-refractivity contribution in [3.63, 3.8) is 0 Å². The topological polar surface area (TPSA) is 41.1 Å². The maximum atomic E-state index is 4.67. The van der Waals surface area contributed by atoms with E-state index in [4.69, 9.17) is 0 Å². The zero-order chi connectivity index (χ0) is 13.2. The first-order valence-corrected chi connectivity index (χ1v) is 7.08. The van der Waals surface area contributed by atoms with Crippen LogP contribution in [-0.2, 0) is 6.54 Å². The van der Waals surface area contributed by atoms with Crippen LogP contribution in [-0.4, -0.2) is 29.6 Å². The molecular weight excluding hydrogens is 224 g/mol. The number of nitrogens with one attached hydrogen (secondary N) is 1. The smallest absolute Gasteiger partial charge is 0.147 e. The highest BCUT2D eigenvalue weighted by molar-refractivity contribution is 5.35. The Kier molecular flexibility index (Phi) is 7.34. The predicted octanol–water partition coefficient (Wildman–Crippen LogP) is 2.60. The van der Waals surface area contributed by atoms with Crippen LogP contribution < -0.4 is 10.2 Å². The first kappa shape index (κ1) is 14.9. The number of anilines is 1. The van der Waals surface area contributed by atoms with Crippen LogP contribution in [0.3, 0.4) is 0 Å². The third kappa shape index (κ3) is 5.00. The standard InChI is InChI=1S/C14H26N4/c1-4-7-9-18(6-3)14-12-16-11-13(17-14)10-15-8-5-2/h11-12,15H,4-10H2,1-3H3. The van der Waals surface area contributed by atoms with Crippen LogP contribution in [0, 0.1) is 0 Å². The van der Waals surface area contributed by atoms with Gasteiger partial charge in [-0.2, -0.15) is 0 Å². The number of aromatic nitrogens is 2. The highest BCUT2D eigenvalue weighted by atomic mass is 15.2. The van der Waals surface area contributed by atoms with E-state index >= 15 is 0 Å². The summed E-state index contributed by atoms with van der Waals surface area (Å²) in [6, 6.07) is 0. The number of hydrogen-bond donors (Lipinski definition) is 1. The Morgan fingerprint density at radius 1 is 1.17 bits per heavy atom. The molecule has 102 valence electrons. The molecule has 0 saturated heterocycles. The molecule has 0 fully saturated rings. The van der Waals surface area contributed by atoms with Gasteiger partial charge in [-0.15, -0.1) is 0 Å². The van der Waals surface area contributed by atoms with Gasteiger partial charge >= 0.3 is 0 Å². The third-order valence-corrected chi connectivity index (χ3v) is 2.89. The van der Waals surface area contributed by atoms with E-state index in [0.717, 1.165) is 44.1 Å². The van der Waals surface area contributed by atoms with Crippen molar-refractivity contribution in [2.45, 2.75) is 46.6 Å². The van der Waals surface area contributed by atoms with Gasteiger partial charge in [-0.3, -0.25) is 4.98 Å². The first-order chi connectivity index (χ1) is 8.81. The van der Waals surface area contributed by atoms with E-state index in [-0.39, 0.29) is 0 Å². The van der Waals surface area contributed by atoms with E-state index in [1.807, 2.05) is 12.4 Å². The number of rotatable bonds is 9. The molecule has 0 bridgehead atoms. The van der Waals surface area contributed by atoms with Gasteiger partial charge in [-0.1, -0.05) is 20.3 Å². The van der Waals surface area contributed by atoms with Gasteiger partial charge < -0.3 is 10.2 Å². The molecule has 1 aromatic heterocycles.